The lowest BCUT2D eigenvalue weighted by Crippen LogP contribution is -2.10. The summed E-state index contributed by atoms with van der Waals surface area (Å²) in [5, 5.41) is 17.8. The van der Waals surface area contributed by atoms with Crippen molar-refractivity contribution >= 4 is 23.1 Å². The van der Waals surface area contributed by atoms with Gasteiger partial charge in [0.25, 0.3) is 0 Å². The molecule has 0 spiro atoms. The van der Waals surface area contributed by atoms with Gasteiger partial charge in [0, 0.05) is 12.7 Å². The van der Waals surface area contributed by atoms with Gasteiger partial charge in [0.2, 0.25) is 11.6 Å². The predicted molar refractivity (Wildman–Crippen MR) is 140 cm³/mol. The van der Waals surface area contributed by atoms with E-state index in [0.29, 0.717) is 12.4 Å². The van der Waals surface area contributed by atoms with E-state index in [2.05, 4.69) is 32.5 Å². The van der Waals surface area contributed by atoms with E-state index in [9.17, 15) is 10.1 Å². The van der Waals surface area contributed by atoms with E-state index in [4.69, 9.17) is 0 Å². The van der Waals surface area contributed by atoms with Crippen LogP contribution < -0.4 is 10.6 Å². The highest BCUT2D eigenvalue weighted by atomic mass is 16.6. The standard InChI is InChI=1S/C26H42N6O2/c1-3-4-5-6-7-8-9-10-11-12-13-14-15-16-19-28-25-23(32(33)34)26(30-21-29-25)31-24-22(2)18-17-20-27-24/h17-18,20-21H,3-16,19H2,1-2H3,(H2,27,28,29,30,31). The summed E-state index contributed by atoms with van der Waals surface area (Å²) in [4.78, 5) is 23.7. The summed E-state index contributed by atoms with van der Waals surface area (Å²) in [5.74, 6) is 0.929. The molecule has 0 aromatic carbocycles. The average molecular weight is 471 g/mol. The molecule has 2 N–H and O–H groups in total. The third kappa shape index (κ3) is 10.4. The molecule has 0 saturated heterocycles. The van der Waals surface area contributed by atoms with E-state index in [1.807, 2.05) is 19.1 Å². The van der Waals surface area contributed by atoms with E-state index in [-0.39, 0.29) is 17.3 Å². The number of anilines is 3. The smallest absolute Gasteiger partial charge is 0.353 e. The van der Waals surface area contributed by atoms with Crippen molar-refractivity contribution in [2.45, 2.75) is 104 Å². The summed E-state index contributed by atoms with van der Waals surface area (Å²) in [5.41, 5.74) is 0.727. The zero-order chi connectivity index (χ0) is 24.4. The Labute approximate surface area is 204 Å². The molecule has 0 amide bonds. The van der Waals surface area contributed by atoms with Crippen LogP contribution in [0.2, 0.25) is 0 Å². The van der Waals surface area contributed by atoms with Crippen molar-refractivity contribution in [2.24, 2.45) is 0 Å². The molecule has 0 unspecified atom stereocenters. The van der Waals surface area contributed by atoms with Crippen LogP contribution in [-0.4, -0.2) is 26.4 Å². The Balaban J connectivity index is 1.62. The van der Waals surface area contributed by atoms with Crippen LogP contribution in [0, 0.1) is 17.0 Å². The van der Waals surface area contributed by atoms with Crippen molar-refractivity contribution in [1.82, 2.24) is 15.0 Å². The first-order chi connectivity index (χ1) is 16.6. The molecule has 2 aromatic rings. The fraction of sp³-hybridized carbons (Fsp3) is 0.654. The summed E-state index contributed by atoms with van der Waals surface area (Å²) in [7, 11) is 0. The van der Waals surface area contributed by atoms with E-state index in [1.54, 1.807) is 6.20 Å². The number of rotatable bonds is 19. The number of aryl methyl sites for hydroxylation is 1. The van der Waals surface area contributed by atoms with Crippen molar-refractivity contribution in [1.29, 1.82) is 0 Å². The molecule has 0 aliphatic carbocycles. The van der Waals surface area contributed by atoms with Gasteiger partial charge in [-0.1, -0.05) is 96.5 Å². The van der Waals surface area contributed by atoms with Gasteiger partial charge in [-0.3, -0.25) is 10.1 Å². The molecule has 2 heterocycles. The Morgan fingerprint density at radius 2 is 1.35 bits per heavy atom. The Morgan fingerprint density at radius 1 is 0.794 bits per heavy atom. The fourth-order valence-corrected chi connectivity index (χ4v) is 4.03. The second-order valence-electron chi connectivity index (χ2n) is 8.99. The summed E-state index contributed by atoms with van der Waals surface area (Å²) in [6, 6.07) is 3.70. The zero-order valence-corrected chi connectivity index (χ0v) is 21.0. The lowest BCUT2D eigenvalue weighted by Gasteiger charge is -2.10. The Hall–Kier alpha value is -2.77. The summed E-state index contributed by atoms with van der Waals surface area (Å²) in [6.07, 6.45) is 21.2. The first kappa shape index (κ1) is 27.5. The molecule has 0 bridgehead atoms. The minimum Gasteiger partial charge on any atom is -0.364 e. The number of nitrogens with zero attached hydrogens (tertiary/aromatic N) is 4. The van der Waals surface area contributed by atoms with Crippen LogP contribution >= 0.6 is 0 Å². The van der Waals surface area contributed by atoms with Crippen LogP contribution in [-0.2, 0) is 0 Å². The maximum Gasteiger partial charge on any atom is 0.353 e. The van der Waals surface area contributed by atoms with Crippen molar-refractivity contribution in [3.8, 4) is 0 Å². The molecular formula is C26H42N6O2. The SMILES string of the molecule is CCCCCCCCCCCCCCCCNc1ncnc(Nc2ncccc2C)c1[N+](=O)[O-]. The maximum absolute atomic E-state index is 11.7. The maximum atomic E-state index is 11.7. The topological polar surface area (TPSA) is 106 Å². The van der Waals surface area contributed by atoms with Gasteiger partial charge in [-0.15, -0.1) is 0 Å². The number of unbranched alkanes of at least 4 members (excludes halogenated alkanes) is 13. The quantitative estimate of drug-likeness (QED) is 0.123. The van der Waals surface area contributed by atoms with E-state index in [0.717, 1.165) is 18.4 Å². The van der Waals surface area contributed by atoms with Crippen LogP contribution in [0.25, 0.3) is 0 Å². The molecule has 0 atom stereocenters. The third-order valence-corrected chi connectivity index (χ3v) is 6.07. The zero-order valence-electron chi connectivity index (χ0n) is 21.0. The van der Waals surface area contributed by atoms with E-state index in [1.165, 1.54) is 83.4 Å². The number of hydrogen-bond donors (Lipinski definition) is 2. The van der Waals surface area contributed by atoms with Gasteiger partial charge >= 0.3 is 5.69 Å². The van der Waals surface area contributed by atoms with Gasteiger partial charge in [-0.05, 0) is 25.0 Å². The van der Waals surface area contributed by atoms with Crippen LogP contribution in [0.4, 0.5) is 23.1 Å². The number of nitrogens with one attached hydrogen (secondary N) is 2. The molecule has 0 fully saturated rings. The lowest BCUT2D eigenvalue weighted by molar-refractivity contribution is -0.383. The van der Waals surface area contributed by atoms with Gasteiger partial charge < -0.3 is 10.6 Å². The minimum atomic E-state index is -0.450. The second-order valence-corrected chi connectivity index (χ2v) is 8.99. The summed E-state index contributed by atoms with van der Waals surface area (Å²) >= 11 is 0. The van der Waals surface area contributed by atoms with Crippen LogP contribution in [0.15, 0.2) is 24.7 Å². The molecule has 0 aliphatic heterocycles. The predicted octanol–water partition coefficient (Wildman–Crippen LogP) is 7.73. The molecule has 0 saturated carbocycles. The second kappa shape index (κ2) is 16.8. The largest absolute Gasteiger partial charge is 0.364 e. The van der Waals surface area contributed by atoms with Crippen molar-refractivity contribution in [2.75, 3.05) is 17.2 Å². The van der Waals surface area contributed by atoms with Crippen LogP contribution in [0.5, 0.6) is 0 Å². The number of pyridine rings is 1. The van der Waals surface area contributed by atoms with Gasteiger partial charge in [0.15, 0.2) is 0 Å². The van der Waals surface area contributed by atoms with Gasteiger partial charge in [-0.25, -0.2) is 15.0 Å². The normalized spacial score (nSPS) is 10.9. The molecule has 2 aromatic heterocycles. The Kier molecular flexibility index (Phi) is 13.6. The average Bonchev–Trinajstić information content (AvgIpc) is 2.83. The monoisotopic (exact) mass is 470 g/mol. The summed E-state index contributed by atoms with van der Waals surface area (Å²) in [6.45, 7) is 4.80. The first-order valence-corrected chi connectivity index (χ1v) is 13.1. The molecule has 188 valence electrons. The Bertz CT molecular complexity index is 846. The minimum absolute atomic E-state index is 0.144. The molecule has 0 radical (unpaired) electrons. The van der Waals surface area contributed by atoms with Crippen LogP contribution in [0.3, 0.4) is 0 Å². The number of aromatic nitrogens is 3. The van der Waals surface area contributed by atoms with Crippen molar-refractivity contribution in [3.63, 3.8) is 0 Å². The highest BCUT2D eigenvalue weighted by Gasteiger charge is 2.23. The van der Waals surface area contributed by atoms with E-state index < -0.39 is 4.92 Å². The fourth-order valence-electron chi connectivity index (χ4n) is 4.03. The summed E-state index contributed by atoms with van der Waals surface area (Å²) < 4.78 is 0. The molecule has 2 rings (SSSR count). The molecule has 34 heavy (non-hydrogen) atoms. The van der Waals surface area contributed by atoms with Crippen LogP contribution in [0.1, 0.15) is 102 Å². The highest BCUT2D eigenvalue weighted by molar-refractivity contribution is 5.73. The highest BCUT2D eigenvalue weighted by Crippen LogP contribution is 2.31. The Morgan fingerprint density at radius 3 is 1.91 bits per heavy atom. The molecule has 8 nitrogen and oxygen atoms in total. The third-order valence-electron chi connectivity index (χ3n) is 6.07. The van der Waals surface area contributed by atoms with Crippen molar-refractivity contribution < 1.29 is 4.92 Å². The van der Waals surface area contributed by atoms with Gasteiger partial charge in [-0.2, -0.15) is 0 Å². The molecule has 0 aliphatic rings. The first-order valence-electron chi connectivity index (χ1n) is 13.1. The number of hydrogen-bond acceptors (Lipinski definition) is 7. The molecule has 8 heteroatoms. The lowest BCUT2D eigenvalue weighted by atomic mass is 10.0. The molecular weight excluding hydrogens is 428 g/mol. The number of nitro groups is 1. The van der Waals surface area contributed by atoms with E-state index >= 15 is 0 Å². The van der Waals surface area contributed by atoms with Gasteiger partial charge in [0.1, 0.15) is 12.1 Å². The van der Waals surface area contributed by atoms with Crippen molar-refractivity contribution in [3.05, 3.63) is 40.3 Å². The van der Waals surface area contributed by atoms with Gasteiger partial charge in [0.05, 0.1) is 4.92 Å².